The molecular weight excluding hydrogens is 372 g/mol. The van der Waals surface area contributed by atoms with E-state index in [4.69, 9.17) is 19.5 Å². The van der Waals surface area contributed by atoms with E-state index in [2.05, 4.69) is 17.3 Å². The number of aryl methyl sites for hydroxylation is 2. The summed E-state index contributed by atoms with van der Waals surface area (Å²) in [5.74, 6) is 0.704. The number of benzene rings is 1. The Kier molecular flexibility index (Phi) is 6.43. The quantitative estimate of drug-likeness (QED) is 0.682. The third-order valence-electron chi connectivity index (χ3n) is 4.88. The van der Waals surface area contributed by atoms with Crippen LogP contribution in [-0.4, -0.2) is 50.4 Å². The van der Waals surface area contributed by atoms with E-state index in [1.807, 2.05) is 47.8 Å². The Morgan fingerprint density at radius 3 is 2.59 bits per heavy atom. The molecule has 0 saturated carbocycles. The lowest BCUT2D eigenvalue weighted by atomic mass is 10.0. The first kappa shape index (κ1) is 20.3. The Morgan fingerprint density at radius 2 is 1.93 bits per heavy atom. The van der Waals surface area contributed by atoms with Gasteiger partial charge in [-0.1, -0.05) is 35.5 Å². The van der Waals surface area contributed by atoms with Crippen molar-refractivity contribution >= 4 is 12.4 Å². The normalized spacial score (nSPS) is 13.1. The van der Waals surface area contributed by atoms with E-state index in [1.54, 1.807) is 0 Å². The van der Waals surface area contributed by atoms with Crippen molar-refractivity contribution in [2.45, 2.75) is 26.2 Å². The zero-order valence-electron chi connectivity index (χ0n) is 16.5. The van der Waals surface area contributed by atoms with Gasteiger partial charge in [0.15, 0.2) is 0 Å². The number of fused-ring (bicyclic) bond motifs is 1. The molecule has 0 fully saturated rings. The number of hydrogen-bond donors (Lipinski definition) is 1. The summed E-state index contributed by atoms with van der Waals surface area (Å²) in [4.78, 5) is 22.9. The van der Waals surface area contributed by atoms with Gasteiger partial charge in [0.25, 0.3) is 6.47 Å². The summed E-state index contributed by atoms with van der Waals surface area (Å²) in [5.41, 5.74) is 5.47. The molecular formula is C21H24N4O4. The van der Waals surface area contributed by atoms with Crippen LogP contribution in [0.15, 0.2) is 40.9 Å². The van der Waals surface area contributed by atoms with Crippen LogP contribution in [0.25, 0.3) is 11.3 Å². The molecule has 0 saturated heterocycles. The van der Waals surface area contributed by atoms with E-state index in [1.165, 1.54) is 11.1 Å². The van der Waals surface area contributed by atoms with Crippen LogP contribution in [0.1, 0.15) is 22.7 Å². The van der Waals surface area contributed by atoms with Crippen molar-refractivity contribution in [3.63, 3.8) is 0 Å². The second-order valence-corrected chi connectivity index (χ2v) is 6.86. The average molecular weight is 396 g/mol. The molecule has 0 spiro atoms. The van der Waals surface area contributed by atoms with Crippen molar-refractivity contribution < 1.29 is 19.2 Å². The third kappa shape index (κ3) is 4.71. The monoisotopic (exact) mass is 396 g/mol. The highest BCUT2D eigenvalue weighted by molar-refractivity contribution is 5.78. The molecule has 0 radical (unpaired) electrons. The van der Waals surface area contributed by atoms with E-state index in [0.29, 0.717) is 18.8 Å². The topological polar surface area (TPSA) is 101 Å². The minimum absolute atomic E-state index is 0.0805. The Morgan fingerprint density at radius 1 is 1.24 bits per heavy atom. The number of amides is 1. The molecule has 1 amide bonds. The molecule has 3 heterocycles. The maximum atomic E-state index is 12.6. The van der Waals surface area contributed by atoms with Gasteiger partial charge >= 0.3 is 0 Å². The first-order valence-electron chi connectivity index (χ1n) is 9.41. The second kappa shape index (κ2) is 9.18. The van der Waals surface area contributed by atoms with Gasteiger partial charge in [-0.3, -0.25) is 14.3 Å². The maximum Gasteiger partial charge on any atom is 0.290 e. The summed E-state index contributed by atoms with van der Waals surface area (Å²) in [6, 6.07) is 12.1. The van der Waals surface area contributed by atoms with Crippen LogP contribution in [0.5, 0.6) is 0 Å². The van der Waals surface area contributed by atoms with Crippen LogP contribution < -0.4 is 0 Å². The molecule has 1 aliphatic heterocycles. The number of hydrogen-bond acceptors (Lipinski definition) is 5. The summed E-state index contributed by atoms with van der Waals surface area (Å²) in [7, 11) is 1.99. The number of aromatic nitrogens is 3. The van der Waals surface area contributed by atoms with Gasteiger partial charge in [0, 0.05) is 43.8 Å². The summed E-state index contributed by atoms with van der Waals surface area (Å²) in [6.07, 6.45) is 1.85. The van der Waals surface area contributed by atoms with Crippen molar-refractivity contribution in [3.05, 3.63) is 59.1 Å². The Labute approximate surface area is 168 Å². The molecule has 1 aromatic carbocycles. The van der Waals surface area contributed by atoms with Crippen LogP contribution in [0.3, 0.4) is 0 Å². The number of carbonyl (C=O) groups excluding carboxylic acids is 1. The maximum absolute atomic E-state index is 12.6. The molecule has 8 heteroatoms. The first-order valence-corrected chi connectivity index (χ1v) is 9.41. The van der Waals surface area contributed by atoms with Gasteiger partial charge in [0.05, 0.1) is 23.5 Å². The number of rotatable bonds is 3. The first-order chi connectivity index (χ1) is 14.0. The minimum atomic E-state index is -0.250. The number of nitrogens with zero attached hydrogens (tertiary/aromatic N) is 4. The largest absolute Gasteiger partial charge is 0.483 e. The van der Waals surface area contributed by atoms with Crippen molar-refractivity contribution in [3.8, 4) is 11.3 Å². The second-order valence-electron chi connectivity index (χ2n) is 6.86. The van der Waals surface area contributed by atoms with Crippen LogP contribution >= 0.6 is 0 Å². The fourth-order valence-electron chi connectivity index (χ4n) is 3.65. The standard InChI is InChI=1S/C20H22N4O2.CH2O2/c1-14-12-16(26-22-14)13-19(25)24-10-8-17-18(9-11-24)21-23(2)20(17)15-6-4-3-5-7-15;2-1-3/h3-7,12H,8-11,13H2,1-2H3;1H,(H,2,3). The van der Waals surface area contributed by atoms with E-state index in [9.17, 15) is 4.79 Å². The zero-order valence-corrected chi connectivity index (χ0v) is 16.5. The Hall–Kier alpha value is -3.42. The highest BCUT2D eigenvalue weighted by Gasteiger charge is 2.25. The van der Waals surface area contributed by atoms with E-state index in [-0.39, 0.29) is 18.8 Å². The van der Waals surface area contributed by atoms with Gasteiger partial charge in [0.2, 0.25) is 5.91 Å². The molecule has 1 aliphatic rings. The van der Waals surface area contributed by atoms with Crippen LogP contribution in [0.2, 0.25) is 0 Å². The Bertz CT molecular complexity index is 978. The van der Waals surface area contributed by atoms with Crippen molar-refractivity contribution in [1.82, 2.24) is 19.8 Å². The molecule has 152 valence electrons. The van der Waals surface area contributed by atoms with E-state index < -0.39 is 0 Å². The summed E-state index contributed by atoms with van der Waals surface area (Å²) < 4.78 is 7.15. The summed E-state index contributed by atoms with van der Waals surface area (Å²) in [6.45, 7) is 2.99. The lowest BCUT2D eigenvalue weighted by Crippen LogP contribution is -2.34. The smallest absolute Gasteiger partial charge is 0.290 e. The van der Waals surface area contributed by atoms with Crippen molar-refractivity contribution in [2.75, 3.05) is 13.1 Å². The summed E-state index contributed by atoms with van der Waals surface area (Å²) >= 11 is 0. The Balaban J connectivity index is 0.000000755. The van der Waals surface area contributed by atoms with Gasteiger partial charge < -0.3 is 14.5 Å². The van der Waals surface area contributed by atoms with Crippen molar-refractivity contribution in [1.29, 1.82) is 0 Å². The number of carbonyl (C=O) groups is 2. The lowest BCUT2D eigenvalue weighted by molar-refractivity contribution is -0.130. The average Bonchev–Trinajstić information content (AvgIpc) is 3.18. The van der Waals surface area contributed by atoms with E-state index >= 15 is 0 Å². The summed E-state index contributed by atoms with van der Waals surface area (Å²) in [5, 5.41) is 15.5. The molecule has 1 N–H and O–H groups in total. The zero-order chi connectivity index (χ0) is 20.8. The van der Waals surface area contributed by atoms with Crippen LogP contribution in [0, 0.1) is 6.92 Å². The molecule has 0 bridgehead atoms. The van der Waals surface area contributed by atoms with Gasteiger partial charge in [0.1, 0.15) is 5.76 Å². The predicted molar refractivity (Wildman–Crippen MR) is 106 cm³/mol. The molecule has 0 unspecified atom stereocenters. The lowest BCUT2D eigenvalue weighted by Gasteiger charge is -2.19. The third-order valence-corrected chi connectivity index (χ3v) is 4.88. The van der Waals surface area contributed by atoms with Gasteiger partial charge in [-0.05, 0) is 13.3 Å². The molecule has 3 aromatic rings. The van der Waals surface area contributed by atoms with Crippen LogP contribution in [-0.2, 0) is 35.9 Å². The molecule has 29 heavy (non-hydrogen) atoms. The predicted octanol–water partition coefficient (Wildman–Crippen LogP) is 2.25. The molecule has 2 aromatic heterocycles. The highest BCUT2D eigenvalue weighted by Crippen LogP contribution is 2.28. The number of carboxylic acid groups (broad SMARTS) is 1. The van der Waals surface area contributed by atoms with Gasteiger partial charge in [-0.2, -0.15) is 5.10 Å². The van der Waals surface area contributed by atoms with Gasteiger partial charge in [-0.15, -0.1) is 0 Å². The van der Waals surface area contributed by atoms with Gasteiger partial charge in [-0.25, -0.2) is 0 Å². The molecule has 4 rings (SSSR count). The molecule has 0 aliphatic carbocycles. The van der Waals surface area contributed by atoms with Crippen molar-refractivity contribution in [2.24, 2.45) is 7.05 Å². The molecule has 0 atom stereocenters. The molecule has 8 nitrogen and oxygen atoms in total. The van der Waals surface area contributed by atoms with Crippen LogP contribution in [0.4, 0.5) is 0 Å². The fraction of sp³-hybridized carbons (Fsp3) is 0.333. The SMILES string of the molecule is Cc1cc(CC(=O)N2CCc3nn(C)c(-c4ccccc4)c3CC2)on1.O=CO. The highest BCUT2D eigenvalue weighted by atomic mass is 16.5. The van der Waals surface area contributed by atoms with E-state index in [0.717, 1.165) is 29.9 Å². The minimum Gasteiger partial charge on any atom is -0.483 e. The fourth-order valence-corrected chi connectivity index (χ4v) is 3.65.